The van der Waals surface area contributed by atoms with Crippen molar-refractivity contribution in [2.45, 2.75) is 25.9 Å². The largest absolute Gasteiger partial charge is 0.482 e. The molecule has 0 atom stereocenters. The fraction of sp³-hybridized carbons (Fsp3) is 0.467. The van der Waals surface area contributed by atoms with Gasteiger partial charge in [0.25, 0.3) is 0 Å². The van der Waals surface area contributed by atoms with Crippen molar-refractivity contribution in [1.29, 1.82) is 0 Å². The maximum atomic E-state index is 12.3. The first-order valence-corrected chi connectivity index (χ1v) is 7.52. The number of alkyl halides is 3. The molecule has 0 spiro atoms. The molecule has 0 aromatic carbocycles. The number of rotatable bonds is 8. The summed E-state index contributed by atoms with van der Waals surface area (Å²) in [6, 6.07) is 2.35. The van der Waals surface area contributed by atoms with Crippen LogP contribution in [0.5, 0.6) is 5.75 Å². The Morgan fingerprint density at radius 1 is 1.28 bits per heavy atom. The Bertz CT molecular complexity index is 649. The van der Waals surface area contributed by atoms with E-state index in [0.29, 0.717) is 0 Å². The second kappa shape index (κ2) is 9.30. The minimum Gasteiger partial charge on any atom is -0.482 e. The van der Waals surface area contributed by atoms with E-state index in [0.717, 1.165) is 7.11 Å². The van der Waals surface area contributed by atoms with Gasteiger partial charge in [-0.2, -0.15) is 13.2 Å². The summed E-state index contributed by atoms with van der Waals surface area (Å²) < 4.78 is 51.0. The Balaban J connectivity index is 2.99. The van der Waals surface area contributed by atoms with E-state index in [2.05, 4.69) is 9.72 Å². The number of aromatic nitrogens is 1. The van der Waals surface area contributed by atoms with E-state index >= 15 is 0 Å². The number of pyridine rings is 1. The Labute approximate surface area is 147 Å². The predicted molar refractivity (Wildman–Crippen MR) is 84.7 cm³/mol. The number of ether oxygens (including phenoxy) is 3. The average molecular weight is 379 g/mol. The van der Waals surface area contributed by atoms with Crippen LogP contribution in [0, 0.1) is 0 Å². The summed E-state index contributed by atoms with van der Waals surface area (Å²) in [5.74, 6) is -1.51. The van der Waals surface area contributed by atoms with Gasteiger partial charge in [0.15, 0.2) is 6.61 Å². The maximum Gasteiger partial charge on any atom is 0.422 e. The molecule has 25 heavy (non-hydrogen) atoms. The standard InChI is InChI=1S/C15H16F3NO5S/c1-3-23-13(20)7-9(25)6-11-12(24-8-15(16,17)18)5-4-10(19-11)14(21)22-2/h4-5H,3,6-8H2,1-2H3. The monoisotopic (exact) mass is 379 g/mol. The smallest absolute Gasteiger partial charge is 0.422 e. The molecule has 1 rings (SSSR count). The minimum atomic E-state index is -4.54. The topological polar surface area (TPSA) is 74.7 Å². The summed E-state index contributed by atoms with van der Waals surface area (Å²) in [7, 11) is 1.14. The van der Waals surface area contributed by atoms with Gasteiger partial charge in [0.2, 0.25) is 0 Å². The van der Waals surface area contributed by atoms with E-state index in [9.17, 15) is 22.8 Å². The summed E-state index contributed by atoms with van der Waals surface area (Å²) in [6.07, 6.45) is -4.87. The lowest BCUT2D eigenvalue weighted by atomic mass is 10.1. The summed E-state index contributed by atoms with van der Waals surface area (Å²) in [5, 5.41) is 0. The third-order valence-electron chi connectivity index (χ3n) is 2.73. The highest BCUT2D eigenvalue weighted by atomic mass is 32.1. The minimum absolute atomic E-state index is 0.00134. The Morgan fingerprint density at radius 2 is 1.96 bits per heavy atom. The number of methoxy groups -OCH3 is 1. The molecule has 0 aliphatic rings. The van der Waals surface area contributed by atoms with Gasteiger partial charge in [-0.3, -0.25) is 4.79 Å². The van der Waals surface area contributed by atoms with Gasteiger partial charge in [-0.25, -0.2) is 9.78 Å². The van der Waals surface area contributed by atoms with Gasteiger partial charge in [-0.05, 0) is 19.1 Å². The summed E-state index contributed by atoms with van der Waals surface area (Å²) in [4.78, 5) is 27.1. The van der Waals surface area contributed by atoms with Crippen LogP contribution in [0.25, 0.3) is 0 Å². The normalized spacial score (nSPS) is 10.9. The van der Waals surface area contributed by atoms with E-state index in [1.54, 1.807) is 6.92 Å². The fourth-order valence-corrected chi connectivity index (χ4v) is 2.00. The van der Waals surface area contributed by atoms with Crippen molar-refractivity contribution in [1.82, 2.24) is 4.98 Å². The molecule has 0 amide bonds. The number of nitrogens with zero attached hydrogens (tertiary/aromatic N) is 1. The second-order valence-corrected chi connectivity index (χ2v) is 5.31. The number of thiocarbonyl (C=S) groups is 1. The van der Waals surface area contributed by atoms with Crippen molar-refractivity contribution in [2.75, 3.05) is 20.3 Å². The highest BCUT2D eigenvalue weighted by Crippen LogP contribution is 2.23. The molecule has 0 bridgehead atoms. The highest BCUT2D eigenvalue weighted by Gasteiger charge is 2.29. The zero-order valence-corrected chi connectivity index (χ0v) is 14.3. The summed E-state index contributed by atoms with van der Waals surface area (Å²) in [5.41, 5.74) is -0.114. The molecule has 0 unspecified atom stereocenters. The lowest BCUT2D eigenvalue weighted by molar-refractivity contribution is -0.153. The van der Waals surface area contributed by atoms with Crippen molar-refractivity contribution in [3.8, 4) is 5.75 Å². The molecule has 10 heteroatoms. The number of carbonyl (C=O) groups is 2. The molecule has 0 aliphatic heterocycles. The SMILES string of the molecule is CCOC(=O)CC(=S)Cc1nc(C(=O)OC)ccc1OCC(F)(F)F. The van der Waals surface area contributed by atoms with Crippen LogP contribution in [0.4, 0.5) is 13.2 Å². The molecular formula is C15H16F3NO5S. The molecule has 0 radical (unpaired) electrons. The Morgan fingerprint density at radius 3 is 2.52 bits per heavy atom. The van der Waals surface area contributed by atoms with Crippen LogP contribution in [-0.4, -0.2) is 48.3 Å². The van der Waals surface area contributed by atoms with Crippen molar-refractivity contribution in [2.24, 2.45) is 0 Å². The van der Waals surface area contributed by atoms with Crippen molar-refractivity contribution in [3.63, 3.8) is 0 Å². The molecule has 138 valence electrons. The van der Waals surface area contributed by atoms with Crippen LogP contribution in [0.15, 0.2) is 12.1 Å². The fourth-order valence-electron chi connectivity index (χ4n) is 1.75. The van der Waals surface area contributed by atoms with Crippen LogP contribution >= 0.6 is 12.2 Å². The van der Waals surface area contributed by atoms with Gasteiger partial charge in [0.05, 0.1) is 25.8 Å². The van der Waals surface area contributed by atoms with Crippen molar-refractivity contribution >= 4 is 29.0 Å². The van der Waals surface area contributed by atoms with E-state index in [-0.39, 0.29) is 41.5 Å². The molecule has 1 aromatic heterocycles. The quantitative estimate of drug-likeness (QED) is 0.508. The third-order valence-corrected chi connectivity index (χ3v) is 3.02. The zero-order valence-electron chi connectivity index (χ0n) is 13.5. The van der Waals surface area contributed by atoms with Crippen LogP contribution in [0.3, 0.4) is 0 Å². The molecule has 1 heterocycles. The Hall–Kier alpha value is -2.23. The number of carbonyl (C=O) groups excluding carboxylic acids is 2. The van der Waals surface area contributed by atoms with Crippen LogP contribution in [0.2, 0.25) is 0 Å². The number of esters is 2. The molecule has 0 aliphatic carbocycles. The number of hydrogen-bond donors (Lipinski definition) is 0. The maximum absolute atomic E-state index is 12.3. The van der Waals surface area contributed by atoms with Gasteiger partial charge in [0.1, 0.15) is 11.4 Å². The molecule has 0 fully saturated rings. The lowest BCUT2D eigenvalue weighted by Gasteiger charge is -2.13. The van der Waals surface area contributed by atoms with E-state index in [1.807, 2.05) is 0 Å². The lowest BCUT2D eigenvalue weighted by Crippen LogP contribution is -2.21. The molecule has 6 nitrogen and oxygen atoms in total. The van der Waals surface area contributed by atoms with Gasteiger partial charge in [-0.15, -0.1) is 0 Å². The number of hydrogen-bond acceptors (Lipinski definition) is 7. The van der Waals surface area contributed by atoms with E-state index < -0.39 is 24.7 Å². The van der Waals surface area contributed by atoms with Crippen LogP contribution in [0.1, 0.15) is 29.5 Å². The second-order valence-electron chi connectivity index (χ2n) is 4.73. The predicted octanol–water partition coefficient (Wildman–Crippen LogP) is 2.67. The first-order chi connectivity index (χ1) is 11.7. The van der Waals surface area contributed by atoms with E-state index in [1.165, 1.54) is 12.1 Å². The first kappa shape index (κ1) is 20.8. The van der Waals surface area contributed by atoms with Crippen molar-refractivity contribution in [3.05, 3.63) is 23.5 Å². The van der Waals surface area contributed by atoms with Crippen molar-refractivity contribution < 1.29 is 37.0 Å². The zero-order chi connectivity index (χ0) is 19.0. The Kier molecular flexibility index (Phi) is 7.75. The average Bonchev–Trinajstić information content (AvgIpc) is 2.52. The van der Waals surface area contributed by atoms with Gasteiger partial charge in [-0.1, -0.05) is 12.2 Å². The summed E-state index contributed by atoms with van der Waals surface area (Å²) >= 11 is 5.05. The molecule has 0 saturated heterocycles. The summed E-state index contributed by atoms with van der Waals surface area (Å²) in [6.45, 7) is 0.284. The number of halogens is 3. The van der Waals surface area contributed by atoms with Gasteiger partial charge >= 0.3 is 18.1 Å². The van der Waals surface area contributed by atoms with Gasteiger partial charge in [0, 0.05) is 11.3 Å². The molecule has 0 saturated carbocycles. The van der Waals surface area contributed by atoms with Crippen LogP contribution in [-0.2, 0) is 20.7 Å². The molecular weight excluding hydrogens is 363 g/mol. The molecule has 0 N–H and O–H groups in total. The molecule has 1 aromatic rings. The first-order valence-electron chi connectivity index (χ1n) is 7.11. The third kappa shape index (κ3) is 7.46. The van der Waals surface area contributed by atoms with Crippen LogP contribution < -0.4 is 4.74 Å². The van der Waals surface area contributed by atoms with Gasteiger partial charge < -0.3 is 14.2 Å². The van der Waals surface area contributed by atoms with E-state index in [4.69, 9.17) is 21.7 Å². The highest BCUT2D eigenvalue weighted by molar-refractivity contribution is 7.80.